The molecule has 7 nitrogen and oxygen atoms in total. The Morgan fingerprint density at radius 3 is 2.63 bits per heavy atom. The minimum absolute atomic E-state index is 0.202. The van der Waals surface area contributed by atoms with Gasteiger partial charge in [-0.1, -0.05) is 25.1 Å². The Hall–Kier alpha value is -3.45. The topological polar surface area (TPSA) is 76.6 Å². The zero-order valence-electron chi connectivity index (χ0n) is 16.9. The number of benzene rings is 2. The molecule has 154 valence electrons. The molecule has 0 amide bonds. The standard InChI is InChI=1S/C23H24N4O3/c1-2-17-5-3-4-6-20(17)22(28)30-21-11-12-24-23(26-21)25-18-7-9-19(10-8-18)27-13-15-29-16-14-27/h3-12H,2,13-16H2,1H3,(H,24,25,26). The molecule has 2 heterocycles. The average molecular weight is 404 g/mol. The van der Waals surface area contributed by atoms with E-state index in [0.29, 0.717) is 11.5 Å². The van der Waals surface area contributed by atoms with E-state index in [2.05, 4.69) is 32.3 Å². The number of carbonyl (C=O) groups excluding carboxylic acids is 1. The third-order valence-electron chi connectivity index (χ3n) is 4.95. The Bertz CT molecular complexity index is 1000. The molecule has 4 rings (SSSR count). The van der Waals surface area contributed by atoms with E-state index in [9.17, 15) is 4.79 Å². The maximum Gasteiger partial charge on any atom is 0.345 e. The van der Waals surface area contributed by atoms with Crippen LogP contribution >= 0.6 is 0 Å². The number of anilines is 3. The Balaban J connectivity index is 1.42. The van der Waals surface area contributed by atoms with Crippen molar-refractivity contribution in [2.75, 3.05) is 36.5 Å². The normalized spacial score (nSPS) is 13.7. The highest BCUT2D eigenvalue weighted by Crippen LogP contribution is 2.21. The van der Waals surface area contributed by atoms with Crippen molar-refractivity contribution < 1.29 is 14.3 Å². The lowest BCUT2D eigenvalue weighted by molar-refractivity contribution is 0.0726. The van der Waals surface area contributed by atoms with Crippen molar-refractivity contribution >= 4 is 23.3 Å². The van der Waals surface area contributed by atoms with Crippen molar-refractivity contribution in [3.8, 4) is 5.88 Å². The van der Waals surface area contributed by atoms with Gasteiger partial charge in [0.2, 0.25) is 11.8 Å². The van der Waals surface area contributed by atoms with E-state index in [0.717, 1.165) is 49.7 Å². The Kier molecular flexibility index (Phi) is 6.20. The first-order valence-electron chi connectivity index (χ1n) is 10.1. The fourth-order valence-electron chi connectivity index (χ4n) is 3.34. The first-order valence-corrected chi connectivity index (χ1v) is 10.1. The molecule has 0 atom stereocenters. The summed E-state index contributed by atoms with van der Waals surface area (Å²) in [6.07, 6.45) is 2.31. The number of rotatable bonds is 6. The van der Waals surface area contributed by atoms with Gasteiger partial charge in [0, 0.05) is 36.7 Å². The first kappa shape index (κ1) is 19.8. The van der Waals surface area contributed by atoms with Gasteiger partial charge in [0.1, 0.15) is 0 Å². The van der Waals surface area contributed by atoms with E-state index in [1.807, 2.05) is 37.3 Å². The molecule has 1 N–H and O–H groups in total. The van der Waals surface area contributed by atoms with Crippen LogP contribution in [0.4, 0.5) is 17.3 Å². The molecule has 3 aromatic rings. The molecule has 1 fully saturated rings. The van der Waals surface area contributed by atoms with Crippen LogP contribution in [0.1, 0.15) is 22.8 Å². The summed E-state index contributed by atoms with van der Waals surface area (Å²) in [6.45, 7) is 5.29. The van der Waals surface area contributed by atoms with Gasteiger partial charge in [-0.25, -0.2) is 9.78 Å². The van der Waals surface area contributed by atoms with Crippen molar-refractivity contribution in [3.63, 3.8) is 0 Å². The van der Waals surface area contributed by atoms with Gasteiger partial charge in [-0.15, -0.1) is 0 Å². The molecule has 2 aromatic carbocycles. The molecule has 0 bridgehead atoms. The number of hydrogen-bond acceptors (Lipinski definition) is 7. The summed E-state index contributed by atoms with van der Waals surface area (Å²) in [7, 11) is 0. The van der Waals surface area contributed by atoms with E-state index in [1.54, 1.807) is 18.3 Å². The van der Waals surface area contributed by atoms with E-state index < -0.39 is 5.97 Å². The summed E-state index contributed by atoms with van der Waals surface area (Å²) in [5.41, 5.74) is 3.50. The molecule has 0 saturated carbocycles. The lowest BCUT2D eigenvalue weighted by Crippen LogP contribution is -2.36. The number of nitrogens with zero attached hydrogens (tertiary/aromatic N) is 3. The molecule has 1 aliphatic rings. The summed E-state index contributed by atoms with van der Waals surface area (Å²) >= 11 is 0. The molecular weight excluding hydrogens is 380 g/mol. The largest absolute Gasteiger partial charge is 0.404 e. The minimum atomic E-state index is -0.424. The van der Waals surface area contributed by atoms with Crippen molar-refractivity contribution in [1.29, 1.82) is 0 Å². The summed E-state index contributed by atoms with van der Waals surface area (Å²) in [6, 6.07) is 17.0. The highest BCUT2D eigenvalue weighted by molar-refractivity contribution is 5.92. The Morgan fingerprint density at radius 2 is 1.87 bits per heavy atom. The van der Waals surface area contributed by atoms with Gasteiger partial charge in [-0.3, -0.25) is 0 Å². The Morgan fingerprint density at radius 1 is 1.10 bits per heavy atom. The second kappa shape index (κ2) is 9.37. The lowest BCUT2D eigenvalue weighted by Gasteiger charge is -2.28. The molecule has 0 spiro atoms. The van der Waals surface area contributed by atoms with Gasteiger partial charge in [0.15, 0.2) is 0 Å². The molecule has 7 heteroatoms. The van der Waals surface area contributed by atoms with Crippen molar-refractivity contribution in [1.82, 2.24) is 9.97 Å². The third-order valence-corrected chi connectivity index (χ3v) is 4.95. The average Bonchev–Trinajstić information content (AvgIpc) is 2.80. The number of carbonyl (C=O) groups is 1. The summed E-state index contributed by atoms with van der Waals surface area (Å²) in [5, 5.41) is 3.15. The smallest absolute Gasteiger partial charge is 0.345 e. The zero-order chi connectivity index (χ0) is 20.8. The van der Waals surface area contributed by atoms with Gasteiger partial charge < -0.3 is 19.7 Å². The van der Waals surface area contributed by atoms with E-state index in [4.69, 9.17) is 9.47 Å². The fraction of sp³-hybridized carbons (Fsp3) is 0.261. The molecule has 1 saturated heterocycles. The van der Waals surface area contributed by atoms with Gasteiger partial charge >= 0.3 is 5.97 Å². The number of hydrogen-bond donors (Lipinski definition) is 1. The highest BCUT2D eigenvalue weighted by Gasteiger charge is 2.14. The maximum absolute atomic E-state index is 12.5. The number of aromatic nitrogens is 2. The van der Waals surface area contributed by atoms with E-state index in [1.165, 1.54) is 0 Å². The molecule has 0 radical (unpaired) electrons. The van der Waals surface area contributed by atoms with Gasteiger partial charge in [-0.2, -0.15) is 4.98 Å². The molecule has 30 heavy (non-hydrogen) atoms. The third kappa shape index (κ3) is 4.75. The van der Waals surface area contributed by atoms with Crippen molar-refractivity contribution in [2.24, 2.45) is 0 Å². The fourth-order valence-corrected chi connectivity index (χ4v) is 3.34. The number of esters is 1. The summed E-state index contributed by atoms with van der Waals surface area (Å²) in [4.78, 5) is 23.4. The number of morpholine rings is 1. The second-order valence-electron chi connectivity index (χ2n) is 6.89. The SMILES string of the molecule is CCc1ccccc1C(=O)Oc1ccnc(Nc2ccc(N3CCOCC3)cc2)n1. The van der Waals surface area contributed by atoms with Crippen LogP contribution in [0.2, 0.25) is 0 Å². The van der Waals surface area contributed by atoms with Gasteiger partial charge in [0.05, 0.1) is 18.8 Å². The zero-order valence-corrected chi connectivity index (χ0v) is 16.9. The molecular formula is C23H24N4O3. The quantitative estimate of drug-likeness (QED) is 0.626. The van der Waals surface area contributed by atoms with Crippen LogP contribution in [0.3, 0.4) is 0 Å². The highest BCUT2D eigenvalue weighted by atomic mass is 16.5. The van der Waals surface area contributed by atoms with Gasteiger partial charge in [-0.05, 0) is 42.3 Å². The second-order valence-corrected chi connectivity index (χ2v) is 6.89. The van der Waals surface area contributed by atoms with Crippen LogP contribution in [-0.4, -0.2) is 42.2 Å². The monoisotopic (exact) mass is 404 g/mol. The number of aryl methyl sites for hydroxylation is 1. The van der Waals surface area contributed by atoms with Crippen LogP contribution in [0.25, 0.3) is 0 Å². The summed E-state index contributed by atoms with van der Waals surface area (Å²) in [5.74, 6) is 0.142. The van der Waals surface area contributed by atoms with Crippen LogP contribution in [0.5, 0.6) is 5.88 Å². The van der Waals surface area contributed by atoms with Crippen LogP contribution < -0.4 is 15.0 Å². The van der Waals surface area contributed by atoms with Gasteiger partial charge in [0.25, 0.3) is 0 Å². The van der Waals surface area contributed by atoms with E-state index >= 15 is 0 Å². The maximum atomic E-state index is 12.5. The number of ether oxygens (including phenoxy) is 2. The van der Waals surface area contributed by atoms with Crippen LogP contribution in [-0.2, 0) is 11.2 Å². The molecule has 1 aliphatic heterocycles. The Labute approximate surface area is 175 Å². The van der Waals surface area contributed by atoms with Crippen molar-refractivity contribution in [2.45, 2.75) is 13.3 Å². The predicted molar refractivity (Wildman–Crippen MR) is 116 cm³/mol. The predicted octanol–water partition coefficient (Wildman–Crippen LogP) is 3.84. The van der Waals surface area contributed by atoms with Crippen molar-refractivity contribution in [3.05, 3.63) is 71.9 Å². The van der Waals surface area contributed by atoms with Crippen LogP contribution in [0, 0.1) is 0 Å². The summed E-state index contributed by atoms with van der Waals surface area (Å²) < 4.78 is 10.9. The molecule has 0 unspecified atom stereocenters. The van der Waals surface area contributed by atoms with Crippen LogP contribution in [0.15, 0.2) is 60.8 Å². The molecule has 0 aliphatic carbocycles. The van der Waals surface area contributed by atoms with E-state index in [-0.39, 0.29) is 5.88 Å². The first-order chi connectivity index (χ1) is 14.7. The number of nitrogens with one attached hydrogen (secondary N) is 1. The molecule has 1 aromatic heterocycles. The lowest BCUT2D eigenvalue weighted by atomic mass is 10.1. The minimum Gasteiger partial charge on any atom is -0.404 e.